The number of carbonyl (C=O) groups excluding carboxylic acids is 1. The van der Waals surface area contributed by atoms with Crippen molar-refractivity contribution in [1.82, 2.24) is 4.90 Å². The van der Waals surface area contributed by atoms with E-state index in [9.17, 15) is 13.2 Å². The number of aryl methyl sites for hydroxylation is 1. The van der Waals surface area contributed by atoms with Crippen LogP contribution in [0.15, 0.2) is 71.6 Å². The maximum Gasteiger partial charge on any atom is 0.261 e. The van der Waals surface area contributed by atoms with Gasteiger partial charge in [-0.1, -0.05) is 31.2 Å². The third-order valence-corrected chi connectivity index (χ3v) is 7.08. The van der Waals surface area contributed by atoms with Gasteiger partial charge >= 0.3 is 0 Å². The van der Waals surface area contributed by atoms with Gasteiger partial charge in [-0.15, -0.1) is 0 Å². The van der Waals surface area contributed by atoms with E-state index in [1.165, 1.54) is 0 Å². The van der Waals surface area contributed by atoms with Gasteiger partial charge in [0.15, 0.2) is 0 Å². The summed E-state index contributed by atoms with van der Waals surface area (Å²) >= 11 is 0. The fraction of sp³-hybridized carbons (Fsp3) is 0.269. The third kappa shape index (κ3) is 5.20. The summed E-state index contributed by atoms with van der Waals surface area (Å²) in [6.45, 7) is 5.53. The predicted octanol–water partition coefficient (Wildman–Crippen LogP) is 4.78. The Kier molecular flexibility index (Phi) is 6.70. The Morgan fingerprint density at radius 1 is 1.03 bits per heavy atom. The van der Waals surface area contributed by atoms with Gasteiger partial charge < -0.3 is 9.64 Å². The molecule has 0 aliphatic carbocycles. The average molecular weight is 465 g/mol. The minimum absolute atomic E-state index is 0.0203. The second-order valence-corrected chi connectivity index (χ2v) is 9.89. The molecule has 172 valence electrons. The summed E-state index contributed by atoms with van der Waals surface area (Å²) in [7, 11) is -3.76. The van der Waals surface area contributed by atoms with Crippen LogP contribution in [0.4, 0.5) is 5.69 Å². The molecule has 0 spiro atoms. The maximum absolute atomic E-state index is 13.0. The molecule has 3 aromatic carbocycles. The van der Waals surface area contributed by atoms with E-state index in [4.69, 9.17) is 4.74 Å². The van der Waals surface area contributed by atoms with Crippen molar-refractivity contribution < 1.29 is 17.9 Å². The maximum atomic E-state index is 13.0. The van der Waals surface area contributed by atoms with Crippen molar-refractivity contribution in [2.75, 3.05) is 17.9 Å². The van der Waals surface area contributed by atoms with Crippen molar-refractivity contribution >= 4 is 21.6 Å². The van der Waals surface area contributed by atoms with Crippen molar-refractivity contribution in [2.24, 2.45) is 0 Å². The van der Waals surface area contributed by atoms with Crippen molar-refractivity contribution in [3.63, 3.8) is 0 Å². The van der Waals surface area contributed by atoms with Crippen molar-refractivity contribution in [3.05, 3.63) is 89.0 Å². The van der Waals surface area contributed by atoms with Crippen LogP contribution in [-0.4, -0.2) is 32.4 Å². The molecule has 0 radical (unpaired) electrons. The summed E-state index contributed by atoms with van der Waals surface area (Å²) in [5.41, 5.74) is 3.98. The van der Waals surface area contributed by atoms with Crippen LogP contribution in [0, 0.1) is 6.92 Å². The van der Waals surface area contributed by atoms with Crippen molar-refractivity contribution in [1.29, 1.82) is 0 Å². The first-order chi connectivity index (χ1) is 15.9. The van der Waals surface area contributed by atoms with E-state index in [-0.39, 0.29) is 10.8 Å². The fourth-order valence-corrected chi connectivity index (χ4v) is 5.07. The minimum atomic E-state index is -3.76. The molecule has 0 saturated heterocycles. The molecular formula is C26H28N2O4S. The SMILES string of the molecule is CCCOc1ccc(S(=O)(=O)Nc2ccc3c(c2)CN(C(=O)c2ccccc2)CC3)cc1C. The molecule has 3 aromatic rings. The molecule has 1 heterocycles. The zero-order chi connectivity index (χ0) is 23.4. The number of benzene rings is 3. The second kappa shape index (κ2) is 9.67. The Morgan fingerprint density at radius 2 is 1.82 bits per heavy atom. The summed E-state index contributed by atoms with van der Waals surface area (Å²) in [4.78, 5) is 14.8. The van der Waals surface area contributed by atoms with Gasteiger partial charge in [-0.3, -0.25) is 9.52 Å². The summed E-state index contributed by atoms with van der Waals surface area (Å²) in [6, 6.07) is 19.6. The Morgan fingerprint density at radius 3 is 2.55 bits per heavy atom. The normalized spacial score (nSPS) is 13.3. The molecular weight excluding hydrogens is 436 g/mol. The van der Waals surface area contributed by atoms with E-state index in [1.54, 1.807) is 29.2 Å². The van der Waals surface area contributed by atoms with Gasteiger partial charge in [0.25, 0.3) is 15.9 Å². The Balaban J connectivity index is 1.51. The van der Waals surface area contributed by atoms with E-state index in [1.807, 2.05) is 56.3 Å². The van der Waals surface area contributed by atoms with Crippen molar-refractivity contribution in [2.45, 2.75) is 38.1 Å². The number of hydrogen-bond donors (Lipinski definition) is 1. The van der Waals surface area contributed by atoms with Gasteiger partial charge in [0.05, 0.1) is 11.5 Å². The average Bonchev–Trinajstić information content (AvgIpc) is 2.82. The lowest BCUT2D eigenvalue weighted by atomic mass is 9.98. The number of ether oxygens (including phenoxy) is 1. The monoisotopic (exact) mass is 464 g/mol. The lowest BCUT2D eigenvalue weighted by Crippen LogP contribution is -2.36. The molecule has 1 amide bonds. The highest BCUT2D eigenvalue weighted by Gasteiger charge is 2.23. The van der Waals surface area contributed by atoms with Crippen LogP contribution in [0.3, 0.4) is 0 Å². The van der Waals surface area contributed by atoms with Gasteiger partial charge in [-0.2, -0.15) is 0 Å². The van der Waals surface area contributed by atoms with Gasteiger partial charge in [-0.25, -0.2) is 8.42 Å². The zero-order valence-electron chi connectivity index (χ0n) is 18.9. The highest BCUT2D eigenvalue weighted by Crippen LogP contribution is 2.27. The number of nitrogens with one attached hydrogen (secondary N) is 1. The molecule has 0 atom stereocenters. The number of nitrogens with zero attached hydrogens (tertiary/aromatic N) is 1. The lowest BCUT2D eigenvalue weighted by Gasteiger charge is -2.29. The Hall–Kier alpha value is -3.32. The number of amides is 1. The summed E-state index contributed by atoms with van der Waals surface area (Å²) < 4.78 is 34.3. The molecule has 0 saturated carbocycles. The number of fused-ring (bicyclic) bond motifs is 1. The van der Waals surface area contributed by atoms with E-state index in [0.29, 0.717) is 36.7 Å². The highest BCUT2D eigenvalue weighted by molar-refractivity contribution is 7.92. The molecule has 6 nitrogen and oxygen atoms in total. The number of hydrogen-bond acceptors (Lipinski definition) is 4. The third-order valence-electron chi connectivity index (χ3n) is 5.70. The highest BCUT2D eigenvalue weighted by atomic mass is 32.2. The zero-order valence-corrected chi connectivity index (χ0v) is 19.7. The van der Waals surface area contributed by atoms with Gasteiger partial charge in [-0.05, 0) is 78.9 Å². The standard InChI is InChI=1S/C26H28N2O4S/c1-3-15-32-25-12-11-24(16-19(25)2)33(30,31)27-23-10-9-20-13-14-28(18-22(20)17-23)26(29)21-7-5-4-6-8-21/h4-12,16-17,27H,3,13-15,18H2,1-2H3. The van der Waals surface area contributed by atoms with Crippen LogP contribution in [0.25, 0.3) is 0 Å². The van der Waals surface area contributed by atoms with E-state index in [2.05, 4.69) is 4.72 Å². The molecule has 1 aliphatic rings. The smallest absolute Gasteiger partial charge is 0.261 e. The van der Waals surface area contributed by atoms with Crippen LogP contribution in [-0.2, 0) is 23.0 Å². The molecule has 0 fully saturated rings. The van der Waals surface area contributed by atoms with Crippen LogP contribution in [0.5, 0.6) is 5.75 Å². The first-order valence-electron chi connectivity index (χ1n) is 11.1. The van der Waals surface area contributed by atoms with Gasteiger partial charge in [0.1, 0.15) is 5.75 Å². The molecule has 33 heavy (non-hydrogen) atoms. The quantitative estimate of drug-likeness (QED) is 0.546. The largest absolute Gasteiger partial charge is 0.493 e. The van der Waals surface area contributed by atoms with Crippen LogP contribution in [0.2, 0.25) is 0 Å². The van der Waals surface area contributed by atoms with Gasteiger partial charge in [0, 0.05) is 24.3 Å². The van der Waals surface area contributed by atoms with Crippen LogP contribution >= 0.6 is 0 Å². The lowest BCUT2D eigenvalue weighted by molar-refractivity contribution is 0.0734. The van der Waals surface area contributed by atoms with Crippen LogP contribution in [0.1, 0.15) is 40.4 Å². The summed E-state index contributed by atoms with van der Waals surface area (Å²) in [5.74, 6) is 0.667. The fourth-order valence-electron chi connectivity index (χ4n) is 3.93. The van der Waals surface area contributed by atoms with E-state index >= 15 is 0 Å². The van der Waals surface area contributed by atoms with E-state index < -0.39 is 10.0 Å². The van der Waals surface area contributed by atoms with Crippen molar-refractivity contribution in [3.8, 4) is 5.75 Å². The molecule has 1 N–H and O–H groups in total. The number of carbonyl (C=O) groups is 1. The Bertz CT molecular complexity index is 1260. The first-order valence-corrected chi connectivity index (χ1v) is 12.6. The second-order valence-electron chi connectivity index (χ2n) is 8.21. The Labute approximate surface area is 195 Å². The molecule has 7 heteroatoms. The number of anilines is 1. The molecule has 0 bridgehead atoms. The number of sulfonamides is 1. The van der Waals surface area contributed by atoms with Crippen LogP contribution < -0.4 is 9.46 Å². The molecule has 1 aliphatic heterocycles. The molecule has 0 unspecified atom stereocenters. The predicted molar refractivity (Wildman–Crippen MR) is 129 cm³/mol. The summed E-state index contributed by atoms with van der Waals surface area (Å²) in [5, 5.41) is 0. The minimum Gasteiger partial charge on any atom is -0.493 e. The number of rotatable bonds is 7. The van der Waals surface area contributed by atoms with E-state index in [0.717, 1.165) is 29.5 Å². The topological polar surface area (TPSA) is 75.7 Å². The molecule has 4 rings (SSSR count). The molecule has 0 aromatic heterocycles. The first kappa shape index (κ1) is 22.9. The summed E-state index contributed by atoms with van der Waals surface area (Å²) in [6.07, 6.45) is 1.62. The van der Waals surface area contributed by atoms with Gasteiger partial charge in [0.2, 0.25) is 0 Å².